The van der Waals surface area contributed by atoms with Crippen molar-refractivity contribution in [3.63, 3.8) is 0 Å². The topological polar surface area (TPSA) is 0 Å². The molecule has 0 aliphatic heterocycles. The number of hydrogen-bond donors (Lipinski definition) is 0. The smallest absolute Gasteiger partial charge is 0.00588 e. The lowest BCUT2D eigenvalue weighted by molar-refractivity contribution is 3.54. The van der Waals surface area contributed by atoms with E-state index in [4.69, 9.17) is 0 Å². The molecule has 0 aliphatic carbocycles. The van der Waals surface area contributed by atoms with E-state index in [1.165, 1.54) is 0 Å². The van der Waals surface area contributed by atoms with Crippen LogP contribution in [0, 0.1) is 0 Å². The van der Waals surface area contributed by atoms with Crippen molar-refractivity contribution in [2.45, 2.75) is 0 Å². The first-order valence-electron chi connectivity index (χ1n) is 4.48. The Balaban J connectivity index is 3.52. The van der Waals surface area contributed by atoms with Gasteiger partial charge in [0.1, 0.15) is 0 Å². The Bertz CT molecular complexity index is 76.5. The first kappa shape index (κ1) is 12.2. The second kappa shape index (κ2) is 5.75. The minimum Gasteiger partial charge on any atom is -0.0120 e. The molecule has 1 atom stereocenters. The molecule has 62 valence electrons. The van der Waals surface area contributed by atoms with Gasteiger partial charge in [-0.15, -0.1) is 0 Å². The SMILES string of the molecule is [SiH3][SiH2][SiH2][SiH2][SiH]([SiH3])[Si]([SiH3])([SiH3])[SiH3]. The molecule has 0 nitrogen and oxygen atoms in total. The van der Waals surface area contributed by atoms with Gasteiger partial charge in [0, 0.05) is 0 Å². The van der Waals surface area contributed by atoms with Gasteiger partial charge in [-0.1, -0.05) is 0 Å². The Hall–Kier alpha value is 2.17. The summed E-state index contributed by atoms with van der Waals surface area (Å²) in [5.74, 6) is 0. The zero-order chi connectivity index (χ0) is 8.20. The van der Waals surface area contributed by atoms with Crippen molar-refractivity contribution >= 4 is 88.0 Å². The quantitative estimate of drug-likeness (QED) is 0.453. The van der Waals surface area contributed by atoms with Crippen molar-refractivity contribution in [1.82, 2.24) is 0 Å². The number of hydrogen-bond acceptors (Lipinski definition) is 0. The zero-order valence-electron chi connectivity index (χ0n) is 8.20. The lowest BCUT2D eigenvalue weighted by Crippen LogP contribution is -2.60. The fourth-order valence-corrected chi connectivity index (χ4v) is 229. The fraction of sp³-hybridized carbons (Fsp3) is 0. The summed E-state index contributed by atoms with van der Waals surface area (Å²) >= 11 is 0. The molecule has 0 amide bonds. The molecule has 0 spiro atoms. The van der Waals surface area contributed by atoms with E-state index in [2.05, 4.69) is 0 Å². The molecule has 10 heteroatoms. The molecular formula is H22Si10. The molecule has 0 saturated heterocycles. The van der Waals surface area contributed by atoms with Gasteiger partial charge in [-0.25, -0.2) is 0 Å². The molecule has 0 bridgehead atoms. The number of rotatable bonds is 4. The van der Waals surface area contributed by atoms with E-state index in [0.717, 1.165) is 25.7 Å². The van der Waals surface area contributed by atoms with Gasteiger partial charge >= 0.3 is 0 Å². The highest BCUT2D eigenvalue weighted by Gasteiger charge is 2.22. The summed E-state index contributed by atoms with van der Waals surface area (Å²) in [6.07, 6.45) is -0.0465. The Morgan fingerprint density at radius 2 is 1.70 bits per heavy atom. The summed E-state index contributed by atoms with van der Waals surface area (Å²) in [5, 5.41) is 0. The van der Waals surface area contributed by atoms with Crippen LogP contribution in [0.3, 0.4) is 0 Å². The highest BCUT2D eigenvalue weighted by atomic mass is 30.3. The van der Waals surface area contributed by atoms with E-state index in [9.17, 15) is 0 Å². The van der Waals surface area contributed by atoms with Crippen LogP contribution in [0.2, 0.25) is 0 Å². The van der Waals surface area contributed by atoms with Gasteiger partial charge in [0.15, 0.2) is 0 Å². The molecular weight excluding hydrogens is 281 g/mol. The van der Waals surface area contributed by atoms with Crippen molar-refractivity contribution in [3.05, 3.63) is 0 Å². The van der Waals surface area contributed by atoms with Crippen LogP contribution >= 0.6 is 0 Å². The van der Waals surface area contributed by atoms with Gasteiger partial charge < -0.3 is 0 Å². The Kier molecular flexibility index (Phi) is 7.00. The van der Waals surface area contributed by atoms with Crippen LogP contribution < -0.4 is 0 Å². The third-order valence-electron chi connectivity index (χ3n) is 2.47. The normalized spacial score (nSPS) is 25.2. The van der Waals surface area contributed by atoms with Crippen LogP contribution in [-0.4, -0.2) is 88.0 Å². The van der Waals surface area contributed by atoms with E-state index in [1.54, 1.807) is 48.8 Å². The zero-order valence-corrected chi connectivity index (χ0v) is 24.6. The summed E-state index contributed by atoms with van der Waals surface area (Å²) in [5.41, 5.74) is 0. The molecule has 0 aromatic heterocycles. The largest absolute Gasteiger partial charge is 0.0120 e. The predicted molar refractivity (Wildman–Crippen MR) is 88.2 cm³/mol. The maximum absolute atomic E-state index is 1.80. The summed E-state index contributed by atoms with van der Waals surface area (Å²) < 4.78 is 0. The first-order valence-corrected chi connectivity index (χ1v) is 40.3. The molecule has 0 radical (unpaired) electrons. The second-order valence-electron chi connectivity index (χ2n) is 4.41. The van der Waals surface area contributed by atoms with E-state index in [0.29, 0.717) is 7.35 Å². The molecule has 0 N–H and O–H groups in total. The lowest BCUT2D eigenvalue weighted by atomic mass is 25.9. The Labute approximate surface area is 87.4 Å². The van der Waals surface area contributed by atoms with Gasteiger partial charge in [0.05, 0.1) is 0 Å². The van der Waals surface area contributed by atoms with Crippen LogP contribution in [0.15, 0.2) is 0 Å². The molecule has 1 unspecified atom stereocenters. The van der Waals surface area contributed by atoms with E-state index in [1.807, 2.05) is 0 Å². The second-order valence-corrected chi connectivity index (χ2v) is 119. The third-order valence-corrected chi connectivity index (χ3v) is 200. The van der Waals surface area contributed by atoms with Crippen molar-refractivity contribution in [2.24, 2.45) is 0 Å². The van der Waals surface area contributed by atoms with Gasteiger partial charge in [-0.2, -0.15) is 0 Å². The van der Waals surface area contributed by atoms with E-state index in [-0.39, 0.29) is 6.14 Å². The summed E-state index contributed by atoms with van der Waals surface area (Å²) in [4.78, 5) is 0. The van der Waals surface area contributed by atoms with E-state index >= 15 is 0 Å². The molecule has 0 saturated carbocycles. The first-order chi connectivity index (χ1) is 4.48. The maximum atomic E-state index is 1.80. The van der Waals surface area contributed by atoms with Crippen molar-refractivity contribution < 1.29 is 0 Å². The van der Waals surface area contributed by atoms with Crippen molar-refractivity contribution in [3.8, 4) is 0 Å². The van der Waals surface area contributed by atoms with E-state index < -0.39 is 0 Å². The van der Waals surface area contributed by atoms with Gasteiger partial charge in [-0.05, 0) is 88.0 Å². The molecule has 0 aromatic carbocycles. The summed E-state index contributed by atoms with van der Waals surface area (Å²) in [6, 6.07) is 0. The minimum absolute atomic E-state index is 0.0465. The minimum atomic E-state index is -0.0465. The molecule has 0 heterocycles. The van der Waals surface area contributed by atoms with Crippen molar-refractivity contribution in [2.75, 3.05) is 0 Å². The predicted octanol–water partition coefficient (Wildman–Crippen LogP) is -9.70. The van der Waals surface area contributed by atoms with Crippen LogP contribution in [0.25, 0.3) is 0 Å². The van der Waals surface area contributed by atoms with Crippen LogP contribution in [-0.2, 0) is 0 Å². The Morgan fingerprint density at radius 1 is 1.20 bits per heavy atom. The average molecular weight is 303 g/mol. The average Bonchev–Trinajstić information content (AvgIpc) is 1.80. The third kappa shape index (κ3) is 5.77. The Morgan fingerprint density at radius 3 is 2.00 bits per heavy atom. The summed E-state index contributed by atoms with van der Waals surface area (Å²) in [7, 11) is 11.6. The van der Waals surface area contributed by atoms with Gasteiger partial charge in [-0.3, -0.25) is 0 Å². The molecule has 0 fully saturated rings. The molecule has 0 aliphatic rings. The standard InChI is InChI=1S/H22Si10/c1-6-7-8-9(2)10(3,4)5/h9H,6-8H2,1-5H3. The van der Waals surface area contributed by atoms with Crippen LogP contribution in [0.1, 0.15) is 0 Å². The molecule has 0 rings (SSSR count). The highest BCUT2D eigenvalue weighted by Crippen LogP contribution is 1.84. The van der Waals surface area contributed by atoms with Gasteiger partial charge in [0.2, 0.25) is 0 Å². The maximum Gasteiger partial charge on any atom is -0.00588 e. The fourth-order valence-electron chi connectivity index (χ4n) is 0.943. The van der Waals surface area contributed by atoms with Crippen LogP contribution in [0.5, 0.6) is 0 Å². The summed E-state index contributed by atoms with van der Waals surface area (Å²) in [6.45, 7) is 0. The molecule has 10 heavy (non-hydrogen) atoms. The molecule has 0 aromatic rings. The van der Waals surface area contributed by atoms with Crippen LogP contribution in [0.4, 0.5) is 0 Å². The lowest BCUT2D eigenvalue weighted by Gasteiger charge is -2.23. The van der Waals surface area contributed by atoms with Gasteiger partial charge in [0.25, 0.3) is 0 Å². The highest BCUT2D eigenvalue weighted by molar-refractivity contribution is 7.98. The van der Waals surface area contributed by atoms with Crippen molar-refractivity contribution in [1.29, 1.82) is 0 Å². The monoisotopic (exact) mass is 302 g/mol.